The number of hydrogen-bond donors (Lipinski definition) is 2. The Bertz CT molecular complexity index is 389. The van der Waals surface area contributed by atoms with E-state index < -0.39 is 0 Å². The normalized spacial score (nSPS) is 10.6. The van der Waals surface area contributed by atoms with Gasteiger partial charge in [-0.1, -0.05) is 6.07 Å². The van der Waals surface area contributed by atoms with Crippen LogP contribution in [0.1, 0.15) is 5.69 Å². The first kappa shape index (κ1) is 6.22. The highest BCUT2D eigenvalue weighted by Crippen LogP contribution is 2.21. The molecule has 2 rings (SSSR count). The number of aromatic amines is 1. The van der Waals surface area contributed by atoms with Crippen LogP contribution in [0, 0.1) is 6.92 Å². The van der Waals surface area contributed by atoms with Crippen LogP contribution in [0.3, 0.4) is 0 Å². The van der Waals surface area contributed by atoms with Crippen molar-refractivity contribution in [3.63, 3.8) is 0 Å². The number of nitrogens with zero attached hydrogens (tertiary/aromatic N) is 1. The molecule has 0 amide bonds. The van der Waals surface area contributed by atoms with Crippen LogP contribution in [0.2, 0.25) is 0 Å². The van der Waals surface area contributed by atoms with Gasteiger partial charge >= 0.3 is 0 Å². The molecule has 0 bridgehead atoms. The molecule has 0 aliphatic heterocycles. The van der Waals surface area contributed by atoms with Crippen molar-refractivity contribution in [2.24, 2.45) is 0 Å². The van der Waals surface area contributed by atoms with E-state index in [0.29, 0.717) is 0 Å². The second-order valence-electron chi connectivity index (χ2n) is 2.58. The molecule has 0 atom stereocenters. The van der Waals surface area contributed by atoms with Crippen LogP contribution < -0.4 is 5.73 Å². The number of fused-ring (bicyclic) bond motifs is 1. The summed E-state index contributed by atoms with van der Waals surface area (Å²) in [5.41, 5.74) is 8.49. The molecule has 0 radical (unpaired) electrons. The zero-order valence-corrected chi connectivity index (χ0v) is 6.26. The van der Waals surface area contributed by atoms with E-state index in [9.17, 15) is 0 Å². The van der Waals surface area contributed by atoms with Gasteiger partial charge in [-0.15, -0.1) is 0 Å². The number of aryl methyl sites for hydroxylation is 1. The first-order valence-electron chi connectivity index (χ1n) is 3.48. The molecule has 56 valence electrons. The number of nitrogens with one attached hydrogen (secondary N) is 1. The first-order valence-corrected chi connectivity index (χ1v) is 3.48. The summed E-state index contributed by atoms with van der Waals surface area (Å²) in [6, 6.07) is 5.76. The topological polar surface area (TPSA) is 54.7 Å². The summed E-state index contributed by atoms with van der Waals surface area (Å²) in [6.07, 6.45) is 0. The van der Waals surface area contributed by atoms with E-state index >= 15 is 0 Å². The van der Waals surface area contributed by atoms with Gasteiger partial charge in [-0.2, -0.15) is 5.10 Å². The summed E-state index contributed by atoms with van der Waals surface area (Å²) in [5, 5.41) is 7.98. The molecule has 0 aliphatic rings. The fourth-order valence-electron chi connectivity index (χ4n) is 1.27. The van der Waals surface area contributed by atoms with Crippen LogP contribution in [0.5, 0.6) is 0 Å². The van der Waals surface area contributed by atoms with Crippen molar-refractivity contribution in [1.29, 1.82) is 0 Å². The predicted molar refractivity (Wildman–Crippen MR) is 45.2 cm³/mol. The molecule has 0 fully saturated rings. The summed E-state index contributed by atoms with van der Waals surface area (Å²) in [4.78, 5) is 0. The van der Waals surface area contributed by atoms with Gasteiger partial charge in [-0.3, -0.25) is 5.10 Å². The quantitative estimate of drug-likeness (QED) is 0.554. The van der Waals surface area contributed by atoms with Gasteiger partial charge in [0.25, 0.3) is 0 Å². The smallest absolute Gasteiger partial charge is 0.0690 e. The van der Waals surface area contributed by atoms with Crippen LogP contribution >= 0.6 is 0 Å². The van der Waals surface area contributed by atoms with Crippen molar-refractivity contribution in [2.75, 3.05) is 5.73 Å². The molecule has 0 saturated heterocycles. The van der Waals surface area contributed by atoms with Crippen molar-refractivity contribution >= 4 is 16.6 Å². The molecule has 1 heterocycles. The van der Waals surface area contributed by atoms with Crippen LogP contribution in [-0.2, 0) is 0 Å². The third-order valence-electron chi connectivity index (χ3n) is 1.80. The van der Waals surface area contributed by atoms with E-state index in [-0.39, 0.29) is 0 Å². The maximum Gasteiger partial charge on any atom is 0.0690 e. The maximum absolute atomic E-state index is 5.74. The van der Waals surface area contributed by atoms with Crippen LogP contribution in [-0.4, -0.2) is 10.2 Å². The molecule has 1 aromatic heterocycles. The summed E-state index contributed by atoms with van der Waals surface area (Å²) in [7, 11) is 0. The lowest BCUT2D eigenvalue weighted by Gasteiger charge is -1.93. The fraction of sp³-hybridized carbons (Fsp3) is 0.125. The Hall–Kier alpha value is -1.51. The molecule has 3 heteroatoms. The molecule has 0 saturated carbocycles. The largest absolute Gasteiger partial charge is 0.398 e. The SMILES string of the molecule is Cc1n[nH]c2cccc(N)c12. The molecule has 0 unspecified atom stereocenters. The van der Waals surface area contributed by atoms with Crippen molar-refractivity contribution in [1.82, 2.24) is 10.2 Å². The Morgan fingerprint density at radius 3 is 3.00 bits per heavy atom. The highest BCUT2D eigenvalue weighted by atomic mass is 15.1. The highest BCUT2D eigenvalue weighted by Gasteiger charge is 2.02. The van der Waals surface area contributed by atoms with Gasteiger partial charge in [-0.25, -0.2) is 0 Å². The Kier molecular flexibility index (Phi) is 1.12. The number of aromatic nitrogens is 2. The van der Waals surface area contributed by atoms with Gasteiger partial charge in [0.05, 0.1) is 11.2 Å². The standard InChI is InChI=1S/C8H9N3/c1-5-8-6(9)3-2-4-7(8)11-10-5/h2-4H,9H2,1H3,(H,10,11). The predicted octanol–water partition coefficient (Wildman–Crippen LogP) is 1.45. The third-order valence-corrected chi connectivity index (χ3v) is 1.80. The lowest BCUT2D eigenvalue weighted by Crippen LogP contribution is -1.85. The van der Waals surface area contributed by atoms with E-state index in [1.807, 2.05) is 25.1 Å². The number of benzene rings is 1. The molecular formula is C8H9N3. The fourth-order valence-corrected chi connectivity index (χ4v) is 1.27. The monoisotopic (exact) mass is 147 g/mol. The number of nitrogens with two attached hydrogens (primary N) is 1. The van der Waals surface area contributed by atoms with E-state index in [1.54, 1.807) is 0 Å². The van der Waals surface area contributed by atoms with Crippen molar-refractivity contribution in [3.05, 3.63) is 23.9 Å². The number of anilines is 1. The molecule has 0 spiro atoms. The Labute approximate surface area is 64.2 Å². The molecule has 1 aromatic carbocycles. The van der Waals surface area contributed by atoms with Crippen molar-refractivity contribution in [2.45, 2.75) is 6.92 Å². The Morgan fingerprint density at radius 2 is 2.27 bits per heavy atom. The minimum atomic E-state index is 0.786. The zero-order valence-electron chi connectivity index (χ0n) is 6.26. The minimum Gasteiger partial charge on any atom is -0.398 e. The summed E-state index contributed by atoms with van der Waals surface area (Å²) in [5.74, 6) is 0. The van der Waals surface area contributed by atoms with Gasteiger partial charge in [0.15, 0.2) is 0 Å². The molecule has 2 aromatic rings. The average Bonchev–Trinajstić information content (AvgIpc) is 2.34. The molecule has 11 heavy (non-hydrogen) atoms. The second kappa shape index (κ2) is 1.99. The average molecular weight is 147 g/mol. The molecule has 3 nitrogen and oxygen atoms in total. The number of nitrogen functional groups attached to an aromatic ring is 1. The Balaban J connectivity index is 2.96. The van der Waals surface area contributed by atoms with E-state index in [4.69, 9.17) is 5.73 Å². The lowest BCUT2D eigenvalue weighted by molar-refractivity contribution is 1.07. The van der Waals surface area contributed by atoms with Gasteiger partial charge < -0.3 is 5.73 Å². The molecule has 0 aliphatic carbocycles. The highest BCUT2D eigenvalue weighted by molar-refractivity contribution is 5.92. The summed E-state index contributed by atoms with van der Waals surface area (Å²) < 4.78 is 0. The zero-order chi connectivity index (χ0) is 7.84. The molecule has 3 N–H and O–H groups in total. The number of rotatable bonds is 0. The molecular weight excluding hydrogens is 138 g/mol. The van der Waals surface area contributed by atoms with Crippen LogP contribution in [0.4, 0.5) is 5.69 Å². The third kappa shape index (κ3) is 0.774. The van der Waals surface area contributed by atoms with Crippen LogP contribution in [0.25, 0.3) is 10.9 Å². The first-order chi connectivity index (χ1) is 5.29. The van der Waals surface area contributed by atoms with Gasteiger partial charge in [0, 0.05) is 11.1 Å². The number of hydrogen-bond acceptors (Lipinski definition) is 2. The number of H-pyrrole nitrogens is 1. The van der Waals surface area contributed by atoms with E-state index in [0.717, 1.165) is 22.3 Å². The van der Waals surface area contributed by atoms with Gasteiger partial charge in [-0.05, 0) is 19.1 Å². The summed E-state index contributed by atoms with van der Waals surface area (Å²) >= 11 is 0. The minimum absolute atomic E-state index is 0.786. The van der Waals surface area contributed by atoms with Crippen LogP contribution in [0.15, 0.2) is 18.2 Å². The van der Waals surface area contributed by atoms with Gasteiger partial charge in [0.2, 0.25) is 0 Å². The maximum atomic E-state index is 5.74. The van der Waals surface area contributed by atoms with E-state index in [2.05, 4.69) is 10.2 Å². The van der Waals surface area contributed by atoms with Gasteiger partial charge in [0.1, 0.15) is 0 Å². The summed E-state index contributed by atoms with van der Waals surface area (Å²) in [6.45, 7) is 1.94. The second-order valence-corrected chi connectivity index (χ2v) is 2.58. The lowest BCUT2D eigenvalue weighted by atomic mass is 10.2. The van der Waals surface area contributed by atoms with E-state index in [1.165, 1.54) is 0 Å². The Morgan fingerprint density at radius 1 is 1.45 bits per heavy atom. The van der Waals surface area contributed by atoms with Crippen molar-refractivity contribution in [3.8, 4) is 0 Å². The van der Waals surface area contributed by atoms with Crippen molar-refractivity contribution < 1.29 is 0 Å².